The first-order chi connectivity index (χ1) is 11.6. The van der Waals surface area contributed by atoms with E-state index < -0.39 is 0 Å². The smallest absolute Gasteiger partial charge is 0.150 e. The normalized spacial score (nSPS) is 22.9. The number of aromatic hydroxyl groups is 1. The van der Waals surface area contributed by atoms with Gasteiger partial charge in [-0.05, 0) is 66.8 Å². The summed E-state index contributed by atoms with van der Waals surface area (Å²) in [7, 11) is 2.17. The van der Waals surface area contributed by atoms with Crippen LogP contribution in [0.2, 0.25) is 5.02 Å². The minimum absolute atomic E-state index is 0.136. The molecule has 24 heavy (non-hydrogen) atoms. The Bertz CT molecular complexity index is 818. The van der Waals surface area contributed by atoms with Crippen molar-refractivity contribution in [3.63, 3.8) is 0 Å². The Morgan fingerprint density at radius 2 is 1.96 bits per heavy atom. The van der Waals surface area contributed by atoms with Crippen molar-refractivity contribution >= 4 is 17.9 Å². The van der Waals surface area contributed by atoms with E-state index >= 15 is 0 Å². The maximum atomic E-state index is 11.3. The quantitative estimate of drug-likeness (QED) is 0.802. The summed E-state index contributed by atoms with van der Waals surface area (Å²) in [5.41, 5.74) is 5.57. The summed E-state index contributed by atoms with van der Waals surface area (Å²) in [4.78, 5) is 13.7. The molecule has 0 aromatic heterocycles. The van der Waals surface area contributed by atoms with Crippen molar-refractivity contribution in [1.29, 1.82) is 0 Å². The van der Waals surface area contributed by atoms with E-state index in [9.17, 15) is 9.90 Å². The molecule has 1 aliphatic heterocycles. The number of phenolic OH excluding ortho intramolecular Hbond substituents is 1. The third-order valence-electron chi connectivity index (χ3n) is 5.58. The molecule has 0 saturated carbocycles. The average molecular weight is 342 g/mol. The monoisotopic (exact) mass is 341 g/mol. The highest BCUT2D eigenvalue weighted by Crippen LogP contribution is 2.44. The molecule has 0 spiro atoms. The zero-order valence-corrected chi connectivity index (χ0v) is 14.4. The third-order valence-corrected chi connectivity index (χ3v) is 5.88. The van der Waals surface area contributed by atoms with Gasteiger partial charge in [-0.3, -0.25) is 4.79 Å². The largest absolute Gasteiger partial charge is 0.506 e. The van der Waals surface area contributed by atoms with Crippen LogP contribution in [0, 0.1) is 0 Å². The molecule has 0 bridgehead atoms. The van der Waals surface area contributed by atoms with Gasteiger partial charge in [0.05, 0.1) is 5.02 Å². The van der Waals surface area contributed by atoms with Gasteiger partial charge in [-0.25, -0.2) is 0 Å². The first-order valence-corrected chi connectivity index (χ1v) is 8.76. The zero-order valence-electron chi connectivity index (χ0n) is 13.6. The molecule has 1 N–H and O–H groups in total. The van der Waals surface area contributed by atoms with Crippen molar-refractivity contribution in [3.05, 3.63) is 63.2 Å². The first kappa shape index (κ1) is 15.7. The number of rotatable bonds is 1. The van der Waals surface area contributed by atoms with E-state index in [1.807, 2.05) is 24.3 Å². The van der Waals surface area contributed by atoms with Crippen molar-refractivity contribution in [2.75, 3.05) is 13.6 Å². The van der Waals surface area contributed by atoms with E-state index in [0.717, 1.165) is 37.7 Å². The number of benzene rings is 2. The Morgan fingerprint density at radius 3 is 2.75 bits per heavy atom. The fraction of sp³-hybridized carbons (Fsp3) is 0.350. The third kappa shape index (κ3) is 2.43. The summed E-state index contributed by atoms with van der Waals surface area (Å²) < 4.78 is 0. The van der Waals surface area contributed by atoms with E-state index in [-0.39, 0.29) is 11.7 Å². The molecule has 0 amide bonds. The fourth-order valence-corrected chi connectivity index (χ4v) is 4.50. The molecule has 1 aliphatic carbocycles. The first-order valence-electron chi connectivity index (χ1n) is 8.38. The van der Waals surface area contributed by atoms with Gasteiger partial charge in [-0.2, -0.15) is 0 Å². The number of phenols is 1. The van der Waals surface area contributed by atoms with Gasteiger partial charge in [0.2, 0.25) is 0 Å². The van der Waals surface area contributed by atoms with Crippen molar-refractivity contribution in [3.8, 4) is 5.75 Å². The molecule has 1 heterocycles. The molecule has 3 nitrogen and oxygen atoms in total. The molecule has 0 fully saturated rings. The van der Waals surface area contributed by atoms with Crippen LogP contribution in [-0.2, 0) is 12.8 Å². The summed E-state index contributed by atoms with van der Waals surface area (Å²) in [6.45, 7) is 0.970. The lowest BCUT2D eigenvalue weighted by Gasteiger charge is -2.38. The minimum Gasteiger partial charge on any atom is -0.506 e. The topological polar surface area (TPSA) is 40.5 Å². The number of fused-ring (bicyclic) bond motifs is 5. The van der Waals surface area contributed by atoms with Crippen LogP contribution in [-0.4, -0.2) is 35.9 Å². The van der Waals surface area contributed by atoms with Gasteiger partial charge in [0.25, 0.3) is 0 Å². The summed E-state index contributed by atoms with van der Waals surface area (Å²) in [5, 5.41) is 10.6. The average Bonchev–Trinajstić information content (AvgIpc) is 2.73. The Balaban J connectivity index is 1.95. The molecule has 4 rings (SSSR count). The van der Waals surface area contributed by atoms with E-state index in [0.29, 0.717) is 16.6 Å². The summed E-state index contributed by atoms with van der Waals surface area (Å²) in [5.74, 6) is 0.303. The second-order valence-corrected chi connectivity index (χ2v) is 7.30. The Morgan fingerprint density at radius 1 is 1.17 bits per heavy atom. The van der Waals surface area contributed by atoms with Crippen molar-refractivity contribution < 1.29 is 9.90 Å². The lowest BCUT2D eigenvalue weighted by Crippen LogP contribution is -2.39. The molecule has 124 valence electrons. The maximum Gasteiger partial charge on any atom is 0.150 e. The highest BCUT2D eigenvalue weighted by molar-refractivity contribution is 6.32. The van der Waals surface area contributed by atoms with Crippen LogP contribution in [0.15, 0.2) is 30.3 Å². The lowest BCUT2D eigenvalue weighted by atomic mass is 9.74. The highest BCUT2D eigenvalue weighted by Gasteiger charge is 2.36. The molecular weight excluding hydrogens is 322 g/mol. The van der Waals surface area contributed by atoms with E-state index in [4.69, 9.17) is 11.6 Å². The molecule has 2 aliphatic rings. The van der Waals surface area contributed by atoms with Gasteiger partial charge in [0, 0.05) is 24.1 Å². The number of carbonyl (C=O) groups is 1. The van der Waals surface area contributed by atoms with Gasteiger partial charge in [0.15, 0.2) is 0 Å². The molecule has 2 aromatic carbocycles. The number of nitrogens with zero attached hydrogens (tertiary/aromatic N) is 1. The van der Waals surface area contributed by atoms with Gasteiger partial charge >= 0.3 is 0 Å². The van der Waals surface area contributed by atoms with Gasteiger partial charge < -0.3 is 10.0 Å². The number of carbonyl (C=O) groups excluding carboxylic acids is 1. The second-order valence-electron chi connectivity index (χ2n) is 6.89. The number of likely N-dealkylation sites (N-methyl/N-ethyl adjacent to an activating group) is 1. The molecule has 4 heteroatoms. The fourth-order valence-electron chi connectivity index (χ4n) is 4.32. The van der Waals surface area contributed by atoms with Crippen LogP contribution >= 0.6 is 11.6 Å². The summed E-state index contributed by atoms with van der Waals surface area (Å²) in [6, 6.07) is 10.1. The van der Waals surface area contributed by atoms with Crippen LogP contribution in [0.25, 0.3) is 0 Å². The van der Waals surface area contributed by atoms with Crippen molar-refractivity contribution in [2.45, 2.75) is 31.2 Å². The van der Waals surface area contributed by atoms with E-state index in [1.54, 1.807) is 0 Å². The van der Waals surface area contributed by atoms with Gasteiger partial charge in [-0.1, -0.05) is 23.7 Å². The Labute approximate surface area is 146 Å². The van der Waals surface area contributed by atoms with Gasteiger partial charge in [-0.15, -0.1) is 0 Å². The molecule has 0 saturated heterocycles. The van der Waals surface area contributed by atoms with E-state index in [1.165, 1.54) is 16.7 Å². The Kier molecular flexibility index (Phi) is 3.86. The predicted octanol–water partition coefficient (Wildman–Crippen LogP) is 3.79. The van der Waals surface area contributed by atoms with E-state index in [2.05, 4.69) is 18.0 Å². The van der Waals surface area contributed by atoms with Crippen LogP contribution < -0.4 is 0 Å². The molecular formula is C20H20ClNO2. The minimum atomic E-state index is 0.136. The molecule has 2 atom stereocenters. The summed E-state index contributed by atoms with van der Waals surface area (Å²) >= 11 is 6.15. The number of hydrogen-bond donors (Lipinski definition) is 1. The number of hydrogen-bond acceptors (Lipinski definition) is 3. The van der Waals surface area contributed by atoms with Crippen LogP contribution in [0.3, 0.4) is 0 Å². The number of aryl methyl sites for hydroxylation is 1. The maximum absolute atomic E-state index is 11.3. The summed E-state index contributed by atoms with van der Waals surface area (Å²) in [6.07, 6.45) is 3.93. The standard InChI is InChI=1S/C20H20ClNO2/c1-22-7-6-14-9-17(21)19(24)10-16(14)20-15-8-12(11-23)2-3-13(15)4-5-18(20)22/h2-3,8-11,18,20,24H,4-7H2,1H3/t18-,20+/m0/s1. The second kappa shape index (κ2) is 5.91. The highest BCUT2D eigenvalue weighted by atomic mass is 35.5. The SMILES string of the molecule is CN1CCc2cc(Cl)c(O)cc2[C@H]2c3cc(C=O)ccc3CC[C@@H]21. The van der Waals surface area contributed by atoms with Crippen LogP contribution in [0.5, 0.6) is 5.75 Å². The lowest BCUT2D eigenvalue weighted by molar-refractivity contribution is 0.112. The predicted molar refractivity (Wildman–Crippen MR) is 95.2 cm³/mol. The molecule has 2 aromatic rings. The number of aldehydes is 1. The van der Waals surface area contributed by atoms with Gasteiger partial charge in [0.1, 0.15) is 12.0 Å². The number of halogens is 1. The van der Waals surface area contributed by atoms with Crippen molar-refractivity contribution in [1.82, 2.24) is 4.90 Å². The van der Waals surface area contributed by atoms with Crippen molar-refractivity contribution in [2.24, 2.45) is 0 Å². The van der Waals surface area contributed by atoms with Crippen LogP contribution in [0.4, 0.5) is 0 Å². The zero-order chi connectivity index (χ0) is 16.8. The Hall–Kier alpha value is -1.84. The molecule has 0 radical (unpaired) electrons. The van der Waals surface area contributed by atoms with Crippen LogP contribution in [0.1, 0.15) is 45.0 Å². The molecule has 0 unspecified atom stereocenters.